The summed E-state index contributed by atoms with van der Waals surface area (Å²) >= 11 is 0. The predicted octanol–water partition coefficient (Wildman–Crippen LogP) is 3.81. The van der Waals surface area contributed by atoms with Crippen molar-refractivity contribution in [3.8, 4) is 0 Å². The van der Waals surface area contributed by atoms with Crippen LogP contribution in [-0.4, -0.2) is 37.1 Å². The van der Waals surface area contributed by atoms with Crippen molar-refractivity contribution < 1.29 is 0 Å². The van der Waals surface area contributed by atoms with E-state index in [1.807, 2.05) is 0 Å². The molecule has 116 valence electrons. The van der Waals surface area contributed by atoms with E-state index in [9.17, 15) is 0 Å². The molecule has 1 saturated heterocycles. The summed E-state index contributed by atoms with van der Waals surface area (Å²) in [7, 11) is 2.09. The normalized spacial score (nSPS) is 38.9. The second-order valence-corrected chi connectivity index (χ2v) is 7.50. The Bertz CT molecular complexity index is 267. The molecule has 20 heavy (non-hydrogen) atoms. The second-order valence-electron chi connectivity index (χ2n) is 7.50. The number of rotatable bonds is 4. The third-order valence-corrected chi connectivity index (χ3v) is 6.34. The van der Waals surface area contributed by atoms with Crippen LogP contribution in [0.3, 0.4) is 0 Å². The van der Waals surface area contributed by atoms with Gasteiger partial charge in [-0.05, 0) is 76.9 Å². The molecule has 4 unspecified atom stereocenters. The first-order chi connectivity index (χ1) is 9.90. The molecule has 2 aliphatic carbocycles. The molecule has 0 aromatic carbocycles. The zero-order valence-corrected chi connectivity index (χ0v) is 13.4. The van der Waals surface area contributed by atoms with Gasteiger partial charge in [-0.25, -0.2) is 0 Å². The summed E-state index contributed by atoms with van der Waals surface area (Å²) in [6.07, 6.45) is 16.4. The number of fused-ring (bicyclic) bond motifs is 2. The minimum absolute atomic E-state index is 0.939. The summed E-state index contributed by atoms with van der Waals surface area (Å²) in [6.45, 7) is 2.54. The number of hydrogen-bond acceptors (Lipinski definition) is 2. The van der Waals surface area contributed by atoms with Crippen LogP contribution in [0.5, 0.6) is 0 Å². The maximum absolute atomic E-state index is 3.34. The molecular weight excluding hydrogens is 244 g/mol. The molecule has 0 radical (unpaired) electrons. The topological polar surface area (TPSA) is 15.3 Å². The first kappa shape index (κ1) is 14.8. The van der Waals surface area contributed by atoms with E-state index in [2.05, 4.69) is 17.3 Å². The minimum Gasteiger partial charge on any atom is -0.320 e. The number of hydrogen-bond donors (Lipinski definition) is 1. The average Bonchev–Trinajstić information content (AvgIpc) is 2.66. The summed E-state index contributed by atoms with van der Waals surface area (Å²) in [5, 5.41) is 3.34. The van der Waals surface area contributed by atoms with Crippen molar-refractivity contribution in [2.75, 3.05) is 20.1 Å². The molecule has 0 aromatic heterocycles. The van der Waals surface area contributed by atoms with Crippen molar-refractivity contribution >= 4 is 0 Å². The quantitative estimate of drug-likeness (QED) is 0.787. The molecule has 0 spiro atoms. The van der Waals surface area contributed by atoms with E-state index in [0.29, 0.717) is 0 Å². The first-order valence-corrected chi connectivity index (χ1v) is 9.30. The summed E-state index contributed by atoms with van der Waals surface area (Å²) in [5.41, 5.74) is 0. The lowest BCUT2D eigenvalue weighted by atomic mass is 9.80. The van der Waals surface area contributed by atoms with Crippen LogP contribution in [0.25, 0.3) is 0 Å². The summed E-state index contributed by atoms with van der Waals surface area (Å²) in [4.78, 5) is 3.01. The Morgan fingerprint density at radius 1 is 0.800 bits per heavy atom. The first-order valence-electron chi connectivity index (χ1n) is 9.30. The van der Waals surface area contributed by atoms with E-state index >= 15 is 0 Å². The van der Waals surface area contributed by atoms with Gasteiger partial charge >= 0.3 is 0 Å². The van der Waals surface area contributed by atoms with Crippen molar-refractivity contribution in [3.05, 3.63) is 0 Å². The van der Waals surface area contributed by atoms with Crippen LogP contribution in [0.1, 0.15) is 70.6 Å². The molecule has 1 N–H and O–H groups in total. The highest BCUT2D eigenvalue weighted by Crippen LogP contribution is 2.43. The van der Waals surface area contributed by atoms with E-state index in [4.69, 9.17) is 0 Å². The molecule has 1 aliphatic heterocycles. The van der Waals surface area contributed by atoms with E-state index in [0.717, 1.165) is 23.9 Å². The minimum atomic E-state index is 0.939. The van der Waals surface area contributed by atoms with Crippen LogP contribution in [0.15, 0.2) is 0 Å². The van der Waals surface area contributed by atoms with Gasteiger partial charge in [0.2, 0.25) is 0 Å². The van der Waals surface area contributed by atoms with E-state index in [-0.39, 0.29) is 0 Å². The number of nitrogens with zero attached hydrogens (tertiary/aromatic N) is 1. The van der Waals surface area contributed by atoms with Crippen molar-refractivity contribution in [2.24, 2.45) is 11.8 Å². The van der Waals surface area contributed by atoms with Gasteiger partial charge in [0.25, 0.3) is 0 Å². The van der Waals surface area contributed by atoms with Gasteiger partial charge in [0.1, 0.15) is 0 Å². The molecular formula is C18H34N2. The van der Waals surface area contributed by atoms with E-state index in [1.54, 1.807) is 0 Å². The summed E-state index contributed by atoms with van der Waals surface area (Å²) < 4.78 is 0. The van der Waals surface area contributed by atoms with Crippen LogP contribution >= 0.6 is 0 Å². The van der Waals surface area contributed by atoms with Crippen molar-refractivity contribution in [1.29, 1.82) is 0 Å². The molecule has 0 bridgehead atoms. The van der Waals surface area contributed by atoms with Gasteiger partial charge in [-0.1, -0.05) is 25.7 Å². The zero-order chi connectivity index (χ0) is 13.8. The molecule has 3 aliphatic rings. The smallest absolute Gasteiger partial charge is 0.0127 e. The predicted molar refractivity (Wildman–Crippen MR) is 86.0 cm³/mol. The van der Waals surface area contributed by atoms with Gasteiger partial charge in [-0.15, -0.1) is 0 Å². The molecule has 3 rings (SSSR count). The molecule has 0 amide bonds. The zero-order valence-electron chi connectivity index (χ0n) is 13.4. The molecule has 1 heterocycles. The van der Waals surface area contributed by atoms with Crippen LogP contribution in [0.4, 0.5) is 0 Å². The fraction of sp³-hybridized carbons (Fsp3) is 1.00. The maximum Gasteiger partial charge on any atom is 0.0127 e. The lowest BCUT2D eigenvalue weighted by Gasteiger charge is -2.45. The lowest BCUT2D eigenvalue weighted by Crippen LogP contribution is -2.50. The van der Waals surface area contributed by atoms with E-state index < -0.39 is 0 Å². The molecule has 2 nitrogen and oxygen atoms in total. The number of nitrogens with one attached hydrogen (secondary N) is 1. The maximum atomic E-state index is 3.34. The number of likely N-dealkylation sites (tertiary alicyclic amines) is 1. The molecule has 2 heteroatoms. The van der Waals surface area contributed by atoms with Gasteiger partial charge in [0.05, 0.1) is 0 Å². The Morgan fingerprint density at radius 3 is 1.90 bits per heavy atom. The highest BCUT2D eigenvalue weighted by Gasteiger charge is 2.40. The summed E-state index contributed by atoms with van der Waals surface area (Å²) in [6, 6.07) is 1.88. The van der Waals surface area contributed by atoms with Gasteiger partial charge in [0, 0.05) is 12.1 Å². The second kappa shape index (κ2) is 7.26. The Balaban J connectivity index is 1.73. The fourth-order valence-electron chi connectivity index (χ4n) is 5.37. The fourth-order valence-corrected chi connectivity index (χ4v) is 5.37. The van der Waals surface area contributed by atoms with Crippen molar-refractivity contribution in [1.82, 2.24) is 10.2 Å². The van der Waals surface area contributed by atoms with Gasteiger partial charge in [0.15, 0.2) is 0 Å². The lowest BCUT2D eigenvalue weighted by molar-refractivity contribution is 0.0419. The van der Waals surface area contributed by atoms with Crippen LogP contribution < -0.4 is 5.32 Å². The van der Waals surface area contributed by atoms with Gasteiger partial charge < -0.3 is 5.32 Å². The van der Waals surface area contributed by atoms with Gasteiger partial charge in [-0.3, -0.25) is 4.90 Å². The Labute approximate surface area is 125 Å². The monoisotopic (exact) mass is 278 g/mol. The van der Waals surface area contributed by atoms with E-state index in [1.165, 1.54) is 83.7 Å². The summed E-state index contributed by atoms with van der Waals surface area (Å²) in [5.74, 6) is 2.06. The van der Waals surface area contributed by atoms with Crippen molar-refractivity contribution in [3.63, 3.8) is 0 Å². The van der Waals surface area contributed by atoms with Crippen LogP contribution in [-0.2, 0) is 0 Å². The van der Waals surface area contributed by atoms with Crippen LogP contribution in [0, 0.1) is 11.8 Å². The molecule has 2 saturated carbocycles. The Hall–Kier alpha value is -0.0800. The SMILES string of the molecule is CNCCCN1C2CCCCC2CCC2CCCCC21. The van der Waals surface area contributed by atoms with Crippen molar-refractivity contribution in [2.45, 2.75) is 82.7 Å². The molecule has 3 fully saturated rings. The Kier molecular flexibility index (Phi) is 5.39. The van der Waals surface area contributed by atoms with Crippen LogP contribution in [0.2, 0.25) is 0 Å². The highest BCUT2D eigenvalue weighted by molar-refractivity contribution is 4.94. The standard InChI is InChI=1S/C18H34N2/c1-19-13-6-14-20-17-9-4-2-7-15(17)11-12-16-8-3-5-10-18(16)20/h15-19H,2-14H2,1H3. The third kappa shape index (κ3) is 3.22. The van der Waals surface area contributed by atoms with Gasteiger partial charge in [-0.2, -0.15) is 0 Å². The average molecular weight is 278 g/mol. The third-order valence-electron chi connectivity index (χ3n) is 6.34. The Morgan fingerprint density at radius 2 is 1.35 bits per heavy atom. The molecule has 4 atom stereocenters. The largest absolute Gasteiger partial charge is 0.320 e. The molecule has 0 aromatic rings. The highest BCUT2D eigenvalue weighted by atomic mass is 15.2.